The van der Waals surface area contributed by atoms with Gasteiger partial charge in [-0.2, -0.15) is 0 Å². The molecule has 2 rings (SSSR count). The molecule has 0 amide bonds. The van der Waals surface area contributed by atoms with E-state index in [4.69, 9.17) is 4.74 Å². The maximum absolute atomic E-state index is 5.18. The van der Waals surface area contributed by atoms with Crippen LogP contribution in [-0.2, 0) is 11.3 Å². The van der Waals surface area contributed by atoms with Crippen molar-refractivity contribution in [2.75, 3.05) is 19.0 Å². The van der Waals surface area contributed by atoms with Gasteiger partial charge in [-0.25, -0.2) is 4.98 Å². The van der Waals surface area contributed by atoms with Crippen LogP contribution in [0.2, 0.25) is 0 Å². The molecule has 0 fully saturated rings. The van der Waals surface area contributed by atoms with Crippen molar-refractivity contribution < 1.29 is 4.74 Å². The molecule has 102 valence electrons. The lowest BCUT2D eigenvalue weighted by Crippen LogP contribution is -2.14. The Morgan fingerprint density at radius 2 is 2.11 bits per heavy atom. The Kier molecular flexibility index (Phi) is 4.99. The Balaban J connectivity index is 2.00. The van der Waals surface area contributed by atoms with Gasteiger partial charge in [-0.3, -0.25) is 0 Å². The first-order chi connectivity index (χ1) is 9.20. The fraction of sp³-hybridized carbons (Fsp3) is 0.357. The van der Waals surface area contributed by atoms with E-state index in [0.717, 1.165) is 17.0 Å². The van der Waals surface area contributed by atoms with Crippen molar-refractivity contribution in [1.29, 1.82) is 0 Å². The van der Waals surface area contributed by atoms with E-state index in [-0.39, 0.29) is 6.04 Å². The van der Waals surface area contributed by atoms with Gasteiger partial charge in [0.05, 0.1) is 12.6 Å². The van der Waals surface area contributed by atoms with Gasteiger partial charge in [0.1, 0.15) is 0 Å². The highest BCUT2D eigenvalue weighted by Gasteiger charge is 2.09. The van der Waals surface area contributed by atoms with Crippen molar-refractivity contribution in [3.05, 3.63) is 46.7 Å². The first-order valence-corrected chi connectivity index (χ1v) is 7.00. The van der Waals surface area contributed by atoms with Gasteiger partial charge in [-0.1, -0.05) is 28.1 Å². The third kappa shape index (κ3) is 3.81. The number of hydrogen-bond donors (Lipinski definition) is 1. The molecule has 0 bridgehead atoms. The molecule has 0 aliphatic carbocycles. The number of imidazole rings is 1. The molecule has 1 atom stereocenters. The number of aromatic nitrogens is 2. The number of benzene rings is 1. The third-order valence-electron chi connectivity index (χ3n) is 2.92. The molecule has 5 heteroatoms. The molecule has 0 aliphatic rings. The summed E-state index contributed by atoms with van der Waals surface area (Å²) in [5, 5.41) is 3.35. The number of rotatable bonds is 6. The summed E-state index contributed by atoms with van der Waals surface area (Å²) in [6.07, 6.45) is 3.77. The molecule has 0 aliphatic heterocycles. The number of anilines is 1. The minimum absolute atomic E-state index is 0.264. The Morgan fingerprint density at radius 1 is 1.37 bits per heavy atom. The second kappa shape index (κ2) is 6.73. The largest absolute Gasteiger partial charge is 0.383 e. The average Bonchev–Trinajstić information content (AvgIpc) is 2.87. The first kappa shape index (κ1) is 14.1. The molecule has 0 saturated carbocycles. The molecule has 4 nitrogen and oxygen atoms in total. The second-order valence-corrected chi connectivity index (χ2v) is 5.36. The molecule has 1 N–H and O–H groups in total. The summed E-state index contributed by atoms with van der Waals surface area (Å²) < 4.78 is 8.35. The Hall–Kier alpha value is -1.33. The second-order valence-electron chi connectivity index (χ2n) is 4.44. The van der Waals surface area contributed by atoms with Crippen LogP contribution in [0.1, 0.15) is 18.5 Å². The molecule has 1 unspecified atom stereocenters. The van der Waals surface area contributed by atoms with Crippen molar-refractivity contribution in [3.63, 3.8) is 0 Å². The van der Waals surface area contributed by atoms with E-state index in [1.807, 2.05) is 18.3 Å². The van der Waals surface area contributed by atoms with Crippen LogP contribution in [0.25, 0.3) is 0 Å². The lowest BCUT2D eigenvalue weighted by atomic mass is 10.2. The predicted octanol–water partition coefficient (Wildman–Crippen LogP) is 3.47. The van der Waals surface area contributed by atoms with Gasteiger partial charge >= 0.3 is 0 Å². The van der Waals surface area contributed by atoms with Crippen LogP contribution in [0.5, 0.6) is 0 Å². The summed E-state index contributed by atoms with van der Waals surface area (Å²) in [5.74, 6) is 0.868. The Morgan fingerprint density at radius 3 is 2.79 bits per heavy atom. The van der Waals surface area contributed by atoms with E-state index in [9.17, 15) is 0 Å². The average molecular weight is 324 g/mol. The van der Waals surface area contributed by atoms with Crippen molar-refractivity contribution >= 4 is 21.9 Å². The van der Waals surface area contributed by atoms with Crippen molar-refractivity contribution in [3.8, 4) is 0 Å². The fourth-order valence-electron chi connectivity index (χ4n) is 1.91. The molecule has 1 aromatic heterocycles. The number of ether oxygens (including phenoxy) is 1. The normalized spacial score (nSPS) is 12.4. The minimum Gasteiger partial charge on any atom is -0.383 e. The summed E-state index contributed by atoms with van der Waals surface area (Å²) >= 11 is 3.43. The molecule has 1 heterocycles. The van der Waals surface area contributed by atoms with Crippen molar-refractivity contribution in [1.82, 2.24) is 9.55 Å². The summed E-state index contributed by atoms with van der Waals surface area (Å²) in [6, 6.07) is 8.51. The Bertz CT molecular complexity index is 510. The van der Waals surface area contributed by atoms with Crippen LogP contribution in [0, 0.1) is 0 Å². The zero-order valence-electron chi connectivity index (χ0n) is 11.1. The number of nitrogens with one attached hydrogen (secondary N) is 1. The quantitative estimate of drug-likeness (QED) is 0.884. The molecule has 0 saturated heterocycles. The zero-order chi connectivity index (χ0) is 13.7. The maximum atomic E-state index is 5.18. The zero-order valence-corrected chi connectivity index (χ0v) is 12.7. The van der Waals surface area contributed by atoms with Gasteiger partial charge in [0.2, 0.25) is 5.95 Å². The van der Waals surface area contributed by atoms with Gasteiger partial charge in [-0.15, -0.1) is 0 Å². The van der Waals surface area contributed by atoms with Gasteiger partial charge in [-0.05, 0) is 24.6 Å². The van der Waals surface area contributed by atoms with E-state index < -0.39 is 0 Å². The minimum atomic E-state index is 0.264. The number of methoxy groups -OCH3 is 1. The van der Waals surface area contributed by atoms with E-state index >= 15 is 0 Å². The van der Waals surface area contributed by atoms with Crippen LogP contribution in [0.4, 0.5) is 5.95 Å². The first-order valence-electron chi connectivity index (χ1n) is 6.21. The lowest BCUT2D eigenvalue weighted by Gasteiger charge is -2.16. The van der Waals surface area contributed by atoms with Crippen LogP contribution < -0.4 is 5.32 Å². The molecule has 19 heavy (non-hydrogen) atoms. The molecule has 1 aromatic carbocycles. The van der Waals surface area contributed by atoms with Crippen molar-refractivity contribution in [2.24, 2.45) is 0 Å². The van der Waals surface area contributed by atoms with Gasteiger partial charge < -0.3 is 14.6 Å². The maximum Gasteiger partial charge on any atom is 0.203 e. The number of halogens is 1. The van der Waals surface area contributed by atoms with Crippen LogP contribution >= 0.6 is 15.9 Å². The molecular formula is C14H18BrN3O. The van der Waals surface area contributed by atoms with Gasteiger partial charge in [0, 0.05) is 30.5 Å². The van der Waals surface area contributed by atoms with Crippen LogP contribution in [-0.4, -0.2) is 23.3 Å². The van der Waals surface area contributed by atoms with Gasteiger partial charge in [0.25, 0.3) is 0 Å². The summed E-state index contributed by atoms with van der Waals surface area (Å²) in [5.41, 5.74) is 1.22. The highest BCUT2D eigenvalue weighted by molar-refractivity contribution is 9.10. The molecule has 0 spiro atoms. The van der Waals surface area contributed by atoms with Crippen LogP contribution in [0.3, 0.4) is 0 Å². The smallest absolute Gasteiger partial charge is 0.203 e. The Labute approximate surface area is 121 Å². The highest BCUT2D eigenvalue weighted by Crippen LogP contribution is 2.15. The van der Waals surface area contributed by atoms with Gasteiger partial charge in [0.15, 0.2) is 0 Å². The standard InChI is InChI=1S/C14H18BrN3O/c1-11(10-19-2)18-8-7-16-14(18)17-9-12-3-5-13(15)6-4-12/h3-8,11H,9-10H2,1-2H3,(H,16,17). The summed E-state index contributed by atoms with van der Waals surface area (Å²) in [7, 11) is 1.71. The third-order valence-corrected chi connectivity index (χ3v) is 3.44. The summed E-state index contributed by atoms with van der Waals surface area (Å²) in [4.78, 5) is 4.34. The SMILES string of the molecule is COCC(C)n1ccnc1NCc1ccc(Br)cc1. The molecule has 2 aromatic rings. The van der Waals surface area contributed by atoms with Crippen LogP contribution in [0.15, 0.2) is 41.1 Å². The predicted molar refractivity (Wildman–Crippen MR) is 80.3 cm³/mol. The highest BCUT2D eigenvalue weighted by atomic mass is 79.9. The van der Waals surface area contributed by atoms with Crippen molar-refractivity contribution in [2.45, 2.75) is 19.5 Å². The molecule has 0 radical (unpaired) electrons. The number of nitrogens with zero attached hydrogens (tertiary/aromatic N) is 2. The fourth-order valence-corrected chi connectivity index (χ4v) is 2.17. The van der Waals surface area contributed by atoms with E-state index in [1.165, 1.54) is 5.56 Å². The summed E-state index contributed by atoms with van der Waals surface area (Å²) in [6.45, 7) is 3.53. The van der Waals surface area contributed by atoms with E-state index in [1.54, 1.807) is 13.3 Å². The monoisotopic (exact) mass is 323 g/mol. The lowest BCUT2D eigenvalue weighted by molar-refractivity contribution is 0.163. The number of hydrogen-bond acceptors (Lipinski definition) is 3. The van der Waals surface area contributed by atoms with E-state index in [0.29, 0.717) is 6.61 Å². The molecular weight excluding hydrogens is 306 g/mol. The topological polar surface area (TPSA) is 39.1 Å². The van der Waals surface area contributed by atoms with E-state index in [2.05, 4.69) is 49.9 Å².